The second-order valence-corrected chi connectivity index (χ2v) is 6.09. The monoisotopic (exact) mass is 313 g/mol. The van der Waals surface area contributed by atoms with Crippen LogP contribution in [0.15, 0.2) is 24.4 Å². The average Bonchev–Trinajstić information content (AvgIpc) is 3.03. The average molecular weight is 313 g/mol. The third-order valence-electron chi connectivity index (χ3n) is 4.35. The van der Waals surface area contributed by atoms with Gasteiger partial charge in [0, 0.05) is 6.54 Å². The molecule has 0 bridgehead atoms. The molecule has 0 radical (unpaired) electrons. The predicted molar refractivity (Wildman–Crippen MR) is 88.0 cm³/mol. The molecular weight excluding hydrogens is 290 g/mol. The maximum atomic E-state index is 12.3. The van der Waals surface area contributed by atoms with Crippen LogP contribution < -0.4 is 11.1 Å². The molecule has 3 rings (SSSR count). The first kappa shape index (κ1) is 15.7. The van der Waals surface area contributed by atoms with Crippen molar-refractivity contribution in [1.29, 1.82) is 0 Å². The molecule has 2 aromatic rings. The Bertz CT molecular complexity index is 694. The van der Waals surface area contributed by atoms with Crippen molar-refractivity contribution in [1.82, 2.24) is 20.3 Å². The molecule has 1 aliphatic carbocycles. The van der Waals surface area contributed by atoms with Crippen LogP contribution in [0.5, 0.6) is 0 Å². The standard InChI is InChI=1S/C17H23N5O/c1-12(14-7-6-13-4-2-3-5-15(13)10-14)19-17(23)16-11-22(9-8-18)21-20-16/h6-7,10-12H,2-5,8-9,18H2,1H3,(H,19,23)/t12-/m0/s1. The summed E-state index contributed by atoms with van der Waals surface area (Å²) in [6, 6.07) is 6.48. The van der Waals surface area contributed by atoms with Crippen LogP contribution in [0.1, 0.15) is 53.0 Å². The molecule has 1 aliphatic rings. The minimum absolute atomic E-state index is 0.0608. The minimum atomic E-state index is -0.210. The summed E-state index contributed by atoms with van der Waals surface area (Å²) in [5.41, 5.74) is 9.79. The van der Waals surface area contributed by atoms with Crippen molar-refractivity contribution in [3.63, 3.8) is 0 Å². The first-order valence-corrected chi connectivity index (χ1v) is 8.20. The van der Waals surface area contributed by atoms with Gasteiger partial charge >= 0.3 is 0 Å². The van der Waals surface area contributed by atoms with Gasteiger partial charge in [0.25, 0.3) is 5.91 Å². The Kier molecular flexibility index (Phi) is 4.71. The SMILES string of the molecule is C[C@H](NC(=O)c1cn(CCN)nn1)c1ccc2c(c1)CCCC2. The van der Waals surface area contributed by atoms with E-state index in [0.29, 0.717) is 18.8 Å². The summed E-state index contributed by atoms with van der Waals surface area (Å²) in [5, 5.41) is 10.8. The molecule has 0 saturated heterocycles. The zero-order chi connectivity index (χ0) is 16.2. The summed E-state index contributed by atoms with van der Waals surface area (Å²) in [7, 11) is 0. The van der Waals surface area contributed by atoms with E-state index in [1.165, 1.54) is 30.4 Å². The number of benzene rings is 1. The second-order valence-electron chi connectivity index (χ2n) is 6.09. The summed E-state index contributed by atoms with van der Waals surface area (Å²) < 4.78 is 1.58. The number of rotatable bonds is 5. The highest BCUT2D eigenvalue weighted by molar-refractivity contribution is 5.92. The van der Waals surface area contributed by atoms with Crippen molar-refractivity contribution in [2.24, 2.45) is 5.73 Å². The predicted octanol–water partition coefficient (Wildman–Crippen LogP) is 1.61. The Labute approximate surface area is 136 Å². The lowest BCUT2D eigenvalue weighted by molar-refractivity contribution is 0.0934. The summed E-state index contributed by atoms with van der Waals surface area (Å²) >= 11 is 0. The molecule has 0 unspecified atom stereocenters. The normalized spacial score (nSPS) is 15.0. The van der Waals surface area contributed by atoms with Gasteiger partial charge in [-0.05, 0) is 49.3 Å². The third-order valence-corrected chi connectivity index (χ3v) is 4.35. The highest BCUT2D eigenvalue weighted by Crippen LogP contribution is 2.24. The van der Waals surface area contributed by atoms with E-state index in [1.54, 1.807) is 10.9 Å². The zero-order valence-corrected chi connectivity index (χ0v) is 13.5. The fraction of sp³-hybridized carbons (Fsp3) is 0.471. The smallest absolute Gasteiger partial charge is 0.273 e. The van der Waals surface area contributed by atoms with Crippen molar-refractivity contribution in [3.8, 4) is 0 Å². The zero-order valence-electron chi connectivity index (χ0n) is 13.5. The number of aromatic nitrogens is 3. The van der Waals surface area contributed by atoms with Gasteiger partial charge in [0.15, 0.2) is 5.69 Å². The molecule has 1 heterocycles. The lowest BCUT2D eigenvalue weighted by Crippen LogP contribution is -2.27. The Balaban J connectivity index is 1.68. The van der Waals surface area contributed by atoms with Crippen LogP contribution in [0.2, 0.25) is 0 Å². The van der Waals surface area contributed by atoms with E-state index < -0.39 is 0 Å². The number of hydrogen-bond acceptors (Lipinski definition) is 4. The van der Waals surface area contributed by atoms with Crippen molar-refractivity contribution in [2.75, 3.05) is 6.54 Å². The summed E-state index contributed by atoms with van der Waals surface area (Å²) in [4.78, 5) is 12.3. The molecule has 0 saturated carbocycles. The summed E-state index contributed by atoms with van der Waals surface area (Å²) in [6.45, 7) is 3.02. The molecule has 1 aromatic heterocycles. The minimum Gasteiger partial charge on any atom is -0.344 e. The Hall–Kier alpha value is -2.21. The fourth-order valence-corrected chi connectivity index (χ4v) is 3.02. The molecule has 0 fully saturated rings. The molecular formula is C17H23N5O. The molecule has 6 nitrogen and oxygen atoms in total. The number of hydrogen-bond donors (Lipinski definition) is 2. The first-order chi connectivity index (χ1) is 11.2. The van der Waals surface area contributed by atoms with Gasteiger partial charge in [-0.1, -0.05) is 23.4 Å². The summed E-state index contributed by atoms with van der Waals surface area (Å²) in [5.74, 6) is -0.210. The number of fused-ring (bicyclic) bond motifs is 1. The number of nitrogens with zero attached hydrogens (tertiary/aromatic N) is 3. The maximum absolute atomic E-state index is 12.3. The molecule has 6 heteroatoms. The molecule has 122 valence electrons. The highest BCUT2D eigenvalue weighted by Gasteiger charge is 2.16. The van der Waals surface area contributed by atoms with Crippen LogP contribution in [0, 0.1) is 0 Å². The van der Waals surface area contributed by atoms with E-state index in [0.717, 1.165) is 12.0 Å². The van der Waals surface area contributed by atoms with Crippen molar-refractivity contribution >= 4 is 5.91 Å². The van der Waals surface area contributed by atoms with E-state index in [1.807, 2.05) is 6.92 Å². The number of nitrogens with two attached hydrogens (primary N) is 1. The van der Waals surface area contributed by atoms with Crippen molar-refractivity contribution in [2.45, 2.75) is 45.2 Å². The van der Waals surface area contributed by atoms with E-state index >= 15 is 0 Å². The van der Waals surface area contributed by atoms with Gasteiger partial charge in [-0.2, -0.15) is 0 Å². The Morgan fingerprint density at radius 3 is 2.91 bits per heavy atom. The molecule has 1 aromatic carbocycles. The van der Waals surface area contributed by atoms with Crippen LogP contribution in [-0.2, 0) is 19.4 Å². The number of aryl methyl sites for hydroxylation is 2. The number of carbonyl (C=O) groups is 1. The Morgan fingerprint density at radius 2 is 2.13 bits per heavy atom. The van der Waals surface area contributed by atoms with E-state index in [9.17, 15) is 4.79 Å². The first-order valence-electron chi connectivity index (χ1n) is 8.20. The molecule has 1 amide bonds. The van der Waals surface area contributed by atoms with E-state index in [2.05, 4.69) is 33.8 Å². The molecule has 23 heavy (non-hydrogen) atoms. The van der Waals surface area contributed by atoms with Crippen LogP contribution in [0.25, 0.3) is 0 Å². The van der Waals surface area contributed by atoms with E-state index in [4.69, 9.17) is 5.73 Å². The van der Waals surface area contributed by atoms with Gasteiger partial charge in [-0.25, -0.2) is 0 Å². The van der Waals surface area contributed by atoms with Crippen LogP contribution in [0.4, 0.5) is 0 Å². The van der Waals surface area contributed by atoms with Crippen LogP contribution in [-0.4, -0.2) is 27.4 Å². The molecule has 0 aliphatic heterocycles. The second kappa shape index (κ2) is 6.91. The fourth-order valence-electron chi connectivity index (χ4n) is 3.02. The van der Waals surface area contributed by atoms with Gasteiger partial charge < -0.3 is 11.1 Å². The van der Waals surface area contributed by atoms with Gasteiger partial charge in [-0.15, -0.1) is 5.10 Å². The van der Waals surface area contributed by atoms with Crippen molar-refractivity contribution in [3.05, 3.63) is 46.8 Å². The Morgan fingerprint density at radius 1 is 1.35 bits per heavy atom. The van der Waals surface area contributed by atoms with Crippen LogP contribution >= 0.6 is 0 Å². The number of amides is 1. The van der Waals surface area contributed by atoms with Gasteiger partial charge in [0.1, 0.15) is 0 Å². The third kappa shape index (κ3) is 3.59. The lowest BCUT2D eigenvalue weighted by atomic mass is 9.89. The topological polar surface area (TPSA) is 85.8 Å². The van der Waals surface area contributed by atoms with Crippen molar-refractivity contribution < 1.29 is 4.79 Å². The van der Waals surface area contributed by atoms with Crippen LogP contribution in [0.3, 0.4) is 0 Å². The molecule has 3 N–H and O–H groups in total. The maximum Gasteiger partial charge on any atom is 0.273 e. The van der Waals surface area contributed by atoms with Gasteiger partial charge in [0.2, 0.25) is 0 Å². The highest BCUT2D eigenvalue weighted by atomic mass is 16.2. The number of nitrogens with one attached hydrogen (secondary N) is 1. The molecule has 0 spiro atoms. The largest absolute Gasteiger partial charge is 0.344 e. The van der Waals surface area contributed by atoms with Gasteiger partial charge in [0.05, 0.1) is 18.8 Å². The molecule has 1 atom stereocenters. The van der Waals surface area contributed by atoms with E-state index in [-0.39, 0.29) is 11.9 Å². The lowest BCUT2D eigenvalue weighted by Gasteiger charge is -2.19. The number of carbonyl (C=O) groups excluding carboxylic acids is 1. The summed E-state index contributed by atoms with van der Waals surface area (Å²) in [6.07, 6.45) is 6.46. The quantitative estimate of drug-likeness (QED) is 0.878. The van der Waals surface area contributed by atoms with Gasteiger partial charge in [-0.3, -0.25) is 9.48 Å².